The number of ether oxygens (including phenoxy) is 1. The number of sulfone groups is 1. The van der Waals surface area contributed by atoms with Gasteiger partial charge in [-0.1, -0.05) is 12.1 Å². The van der Waals surface area contributed by atoms with Gasteiger partial charge in [-0.15, -0.1) is 0 Å². The van der Waals surface area contributed by atoms with Gasteiger partial charge in [-0.25, -0.2) is 17.6 Å². The maximum absolute atomic E-state index is 12.9. The van der Waals surface area contributed by atoms with Gasteiger partial charge in [0.15, 0.2) is 9.84 Å². The zero-order chi connectivity index (χ0) is 18.8. The third-order valence-corrected chi connectivity index (χ3v) is 4.56. The molecule has 0 fully saturated rings. The van der Waals surface area contributed by atoms with E-state index < -0.39 is 43.2 Å². The smallest absolute Gasteiger partial charge is 0.338 e. The van der Waals surface area contributed by atoms with E-state index in [9.17, 15) is 27.7 Å². The fourth-order valence-electron chi connectivity index (χ4n) is 2.13. The summed E-state index contributed by atoms with van der Waals surface area (Å²) in [4.78, 5) is 21.9. The van der Waals surface area contributed by atoms with Crippen LogP contribution in [0.2, 0.25) is 0 Å². The average Bonchev–Trinajstić information content (AvgIpc) is 2.53. The fraction of sp³-hybridized carbons (Fsp3) is 0.188. The Morgan fingerprint density at radius 2 is 1.80 bits per heavy atom. The lowest BCUT2D eigenvalue weighted by Crippen LogP contribution is -2.11. The van der Waals surface area contributed by atoms with E-state index in [1.165, 1.54) is 24.3 Å². The first-order valence-corrected chi connectivity index (χ1v) is 8.93. The summed E-state index contributed by atoms with van der Waals surface area (Å²) in [5.74, 6) is -1.30. The molecule has 0 saturated heterocycles. The lowest BCUT2D eigenvalue weighted by atomic mass is 10.1. The molecule has 2 aromatic rings. The van der Waals surface area contributed by atoms with Crippen LogP contribution in [-0.2, 0) is 14.6 Å². The molecule has 0 unspecified atom stereocenters. The number of carbonyl (C=O) groups excluding carboxylic acids is 1. The summed E-state index contributed by atoms with van der Waals surface area (Å²) in [5.41, 5.74) is -0.323. The minimum Gasteiger partial charge on any atom is -0.454 e. The van der Waals surface area contributed by atoms with Crippen molar-refractivity contribution < 1.29 is 27.3 Å². The van der Waals surface area contributed by atoms with Gasteiger partial charge in [-0.3, -0.25) is 10.1 Å². The number of nitrogens with zero attached hydrogens (tertiary/aromatic N) is 1. The molecule has 132 valence electrons. The third-order valence-electron chi connectivity index (χ3n) is 3.41. The van der Waals surface area contributed by atoms with Gasteiger partial charge in [0, 0.05) is 12.3 Å². The standard InChI is InChI=1S/C16H14FNO6S/c1-10(11-3-6-13(17)7-4-11)24-16(19)12-5-8-15(25(2,22)23)14(9-12)18(20)21/h3-10H,1-2H3/t10-/m1/s1. The maximum Gasteiger partial charge on any atom is 0.338 e. The molecule has 0 radical (unpaired) electrons. The second-order valence-corrected chi connectivity index (χ2v) is 7.30. The molecule has 1 atom stereocenters. The molecule has 0 N–H and O–H groups in total. The number of hydrogen-bond donors (Lipinski definition) is 0. The molecule has 2 aromatic carbocycles. The minimum absolute atomic E-state index is 0.159. The Kier molecular flexibility index (Phi) is 5.17. The number of carbonyl (C=O) groups is 1. The van der Waals surface area contributed by atoms with Crippen LogP contribution < -0.4 is 0 Å². The van der Waals surface area contributed by atoms with Crippen LogP contribution in [0.25, 0.3) is 0 Å². The normalized spacial score (nSPS) is 12.4. The van der Waals surface area contributed by atoms with Gasteiger partial charge < -0.3 is 4.74 Å². The number of nitro groups is 1. The Hall–Kier alpha value is -2.81. The van der Waals surface area contributed by atoms with E-state index in [2.05, 4.69) is 0 Å². The van der Waals surface area contributed by atoms with E-state index in [0.29, 0.717) is 5.56 Å². The number of nitro benzene ring substituents is 1. The van der Waals surface area contributed by atoms with Crippen LogP contribution in [0.15, 0.2) is 47.4 Å². The Bertz CT molecular complexity index is 924. The predicted molar refractivity (Wildman–Crippen MR) is 86.4 cm³/mol. The summed E-state index contributed by atoms with van der Waals surface area (Å²) in [7, 11) is -3.82. The lowest BCUT2D eigenvalue weighted by molar-refractivity contribution is -0.387. The minimum atomic E-state index is -3.82. The molecule has 2 rings (SSSR count). The molecule has 0 heterocycles. The monoisotopic (exact) mass is 367 g/mol. The van der Waals surface area contributed by atoms with E-state index in [0.717, 1.165) is 24.5 Å². The Labute approximate surface area is 143 Å². The Morgan fingerprint density at radius 1 is 1.20 bits per heavy atom. The molecule has 0 aliphatic carbocycles. The molecular weight excluding hydrogens is 353 g/mol. The zero-order valence-electron chi connectivity index (χ0n) is 13.3. The first-order valence-electron chi connectivity index (χ1n) is 7.04. The van der Waals surface area contributed by atoms with Gasteiger partial charge >= 0.3 is 5.97 Å². The topological polar surface area (TPSA) is 104 Å². The summed E-state index contributed by atoms with van der Waals surface area (Å²) < 4.78 is 41.3. The van der Waals surface area contributed by atoms with Crippen LogP contribution >= 0.6 is 0 Å². The van der Waals surface area contributed by atoms with Crippen molar-refractivity contribution in [3.8, 4) is 0 Å². The molecule has 0 aliphatic rings. The maximum atomic E-state index is 12.9. The second-order valence-electron chi connectivity index (χ2n) is 5.31. The van der Waals surface area contributed by atoms with E-state index in [4.69, 9.17) is 4.74 Å². The number of rotatable bonds is 5. The molecule has 0 spiro atoms. The summed E-state index contributed by atoms with van der Waals surface area (Å²) in [6.07, 6.45) is 0.117. The van der Waals surface area contributed by atoms with E-state index in [1.54, 1.807) is 6.92 Å². The summed E-state index contributed by atoms with van der Waals surface area (Å²) in [5, 5.41) is 11.1. The van der Waals surface area contributed by atoms with Crippen LogP contribution in [0.3, 0.4) is 0 Å². The number of hydrogen-bond acceptors (Lipinski definition) is 6. The van der Waals surface area contributed by atoms with Gasteiger partial charge in [0.05, 0.1) is 10.5 Å². The Balaban J connectivity index is 2.29. The molecule has 25 heavy (non-hydrogen) atoms. The van der Waals surface area contributed by atoms with Gasteiger partial charge in [0.2, 0.25) is 0 Å². The van der Waals surface area contributed by atoms with Crippen LogP contribution in [0.4, 0.5) is 10.1 Å². The highest BCUT2D eigenvalue weighted by Gasteiger charge is 2.25. The van der Waals surface area contributed by atoms with Crippen LogP contribution in [-0.4, -0.2) is 25.6 Å². The largest absolute Gasteiger partial charge is 0.454 e. The zero-order valence-corrected chi connectivity index (χ0v) is 14.1. The average molecular weight is 367 g/mol. The molecule has 0 saturated carbocycles. The van der Waals surface area contributed by atoms with Gasteiger partial charge in [0.1, 0.15) is 16.8 Å². The third kappa shape index (κ3) is 4.38. The van der Waals surface area contributed by atoms with Crippen molar-refractivity contribution in [1.29, 1.82) is 0 Å². The van der Waals surface area contributed by atoms with Crippen LogP contribution in [0.5, 0.6) is 0 Å². The molecular formula is C16H14FNO6S. The first-order chi connectivity index (χ1) is 11.6. The molecule has 7 nitrogen and oxygen atoms in total. The highest BCUT2D eigenvalue weighted by Crippen LogP contribution is 2.26. The quantitative estimate of drug-likeness (QED) is 0.457. The molecule has 9 heteroatoms. The molecule has 0 amide bonds. The summed E-state index contributed by atoms with van der Waals surface area (Å²) in [6, 6.07) is 8.31. The lowest BCUT2D eigenvalue weighted by Gasteiger charge is -2.14. The highest BCUT2D eigenvalue weighted by molar-refractivity contribution is 7.90. The van der Waals surface area contributed by atoms with Crippen molar-refractivity contribution in [2.24, 2.45) is 0 Å². The Morgan fingerprint density at radius 3 is 2.32 bits per heavy atom. The van der Waals surface area contributed by atoms with Crippen molar-refractivity contribution >= 4 is 21.5 Å². The van der Waals surface area contributed by atoms with Gasteiger partial charge in [0.25, 0.3) is 5.69 Å². The van der Waals surface area contributed by atoms with E-state index in [1.807, 2.05) is 0 Å². The summed E-state index contributed by atoms with van der Waals surface area (Å²) >= 11 is 0. The van der Waals surface area contributed by atoms with Crippen molar-refractivity contribution in [3.63, 3.8) is 0 Å². The van der Waals surface area contributed by atoms with E-state index >= 15 is 0 Å². The van der Waals surface area contributed by atoms with Crippen molar-refractivity contribution in [1.82, 2.24) is 0 Å². The number of esters is 1. The van der Waals surface area contributed by atoms with Crippen molar-refractivity contribution in [3.05, 3.63) is 69.5 Å². The molecule has 0 aromatic heterocycles. The number of benzene rings is 2. The van der Waals surface area contributed by atoms with Crippen molar-refractivity contribution in [2.75, 3.05) is 6.26 Å². The predicted octanol–water partition coefficient (Wildman–Crippen LogP) is 3.06. The second kappa shape index (κ2) is 6.98. The first kappa shape index (κ1) is 18.5. The van der Waals surface area contributed by atoms with Crippen LogP contribution in [0.1, 0.15) is 28.9 Å². The fourth-order valence-corrected chi connectivity index (χ4v) is 2.96. The molecule has 0 aliphatic heterocycles. The van der Waals surface area contributed by atoms with Gasteiger partial charge in [-0.05, 0) is 36.8 Å². The molecule has 0 bridgehead atoms. The van der Waals surface area contributed by atoms with Crippen molar-refractivity contribution in [2.45, 2.75) is 17.9 Å². The van der Waals surface area contributed by atoms with E-state index in [-0.39, 0.29) is 5.56 Å². The summed E-state index contributed by atoms with van der Waals surface area (Å²) in [6.45, 7) is 1.56. The van der Waals surface area contributed by atoms with Crippen LogP contribution in [0, 0.1) is 15.9 Å². The SMILES string of the molecule is C[C@@H](OC(=O)c1ccc(S(C)(=O)=O)c([N+](=O)[O-])c1)c1ccc(F)cc1. The highest BCUT2D eigenvalue weighted by atomic mass is 32.2. The van der Waals surface area contributed by atoms with Gasteiger partial charge in [-0.2, -0.15) is 0 Å². The number of halogens is 1.